The van der Waals surface area contributed by atoms with Crippen molar-refractivity contribution < 1.29 is 4.79 Å². The van der Waals surface area contributed by atoms with E-state index in [-0.39, 0.29) is 11.1 Å². The van der Waals surface area contributed by atoms with E-state index < -0.39 is 0 Å². The lowest BCUT2D eigenvalue weighted by molar-refractivity contribution is 0.265. The third kappa shape index (κ3) is 1.60. The van der Waals surface area contributed by atoms with Crippen LogP contribution in [0.5, 0.6) is 0 Å². The van der Waals surface area contributed by atoms with Gasteiger partial charge in [-0.3, -0.25) is 10.2 Å². The van der Waals surface area contributed by atoms with Crippen LogP contribution in [-0.4, -0.2) is 11.1 Å². The molecule has 0 saturated carbocycles. The molecule has 3 nitrogen and oxygen atoms in total. The first kappa shape index (κ1) is 9.48. The topological polar surface area (TPSA) is 53.0 Å². The summed E-state index contributed by atoms with van der Waals surface area (Å²) in [4.78, 5) is 12.9. The summed E-state index contributed by atoms with van der Waals surface area (Å²) in [5.74, 6) is 0.214. The molecular formula is C9H8N2OS2. The average molecular weight is 224 g/mol. The molecule has 1 aromatic rings. The molecule has 2 heterocycles. The fourth-order valence-electron chi connectivity index (χ4n) is 1.20. The van der Waals surface area contributed by atoms with Gasteiger partial charge in [0.15, 0.2) is 0 Å². The van der Waals surface area contributed by atoms with Gasteiger partial charge in [-0.25, -0.2) is 0 Å². The molecular weight excluding hydrogens is 216 g/mol. The van der Waals surface area contributed by atoms with Gasteiger partial charge >= 0.3 is 0 Å². The van der Waals surface area contributed by atoms with E-state index in [1.165, 1.54) is 0 Å². The quantitative estimate of drug-likeness (QED) is 0.770. The number of allylic oxidation sites excluding steroid dienone is 1. The van der Waals surface area contributed by atoms with Gasteiger partial charge in [0.25, 0.3) is 5.24 Å². The van der Waals surface area contributed by atoms with Crippen LogP contribution in [0, 0.1) is 5.41 Å². The number of hydrogen-bond donors (Lipinski definition) is 2. The minimum absolute atomic E-state index is 0.166. The van der Waals surface area contributed by atoms with Gasteiger partial charge in [0.1, 0.15) is 5.84 Å². The van der Waals surface area contributed by atoms with Crippen molar-refractivity contribution in [1.82, 2.24) is 5.32 Å². The van der Waals surface area contributed by atoms with Crippen molar-refractivity contribution in [2.24, 2.45) is 0 Å². The molecule has 1 aliphatic rings. The lowest BCUT2D eigenvalue weighted by Gasteiger charge is -2.00. The van der Waals surface area contributed by atoms with E-state index in [9.17, 15) is 4.79 Å². The third-order valence-corrected chi connectivity index (χ3v) is 3.87. The Morgan fingerprint density at radius 3 is 2.86 bits per heavy atom. The lowest BCUT2D eigenvalue weighted by atomic mass is 10.2. The van der Waals surface area contributed by atoms with Crippen LogP contribution in [0.15, 0.2) is 22.4 Å². The van der Waals surface area contributed by atoms with Gasteiger partial charge < -0.3 is 5.32 Å². The first-order valence-electron chi connectivity index (χ1n) is 4.01. The van der Waals surface area contributed by atoms with Crippen LogP contribution in [0.2, 0.25) is 0 Å². The van der Waals surface area contributed by atoms with Crippen molar-refractivity contribution in [3.05, 3.63) is 27.3 Å². The standard InChI is InChI=1S/C9H8N2OS2/c1-5(6-3-2-4-13-6)7-8(10)11-9(12)14-7/h2-4H,1H3,(H2,10,11,12). The molecule has 0 bridgehead atoms. The minimum Gasteiger partial charge on any atom is -0.301 e. The Bertz CT molecular complexity index is 420. The zero-order chi connectivity index (χ0) is 10.1. The molecule has 0 unspecified atom stereocenters. The Balaban J connectivity index is 2.41. The maximum Gasteiger partial charge on any atom is 0.289 e. The smallest absolute Gasteiger partial charge is 0.289 e. The number of thiophene rings is 1. The van der Waals surface area contributed by atoms with E-state index in [1.807, 2.05) is 24.4 Å². The van der Waals surface area contributed by atoms with Crippen molar-refractivity contribution in [3.8, 4) is 0 Å². The van der Waals surface area contributed by atoms with Gasteiger partial charge in [-0.15, -0.1) is 11.3 Å². The van der Waals surface area contributed by atoms with E-state index in [1.54, 1.807) is 11.3 Å². The zero-order valence-electron chi connectivity index (χ0n) is 7.46. The lowest BCUT2D eigenvalue weighted by Crippen LogP contribution is -2.17. The molecule has 0 spiro atoms. The third-order valence-electron chi connectivity index (χ3n) is 1.88. The van der Waals surface area contributed by atoms with E-state index >= 15 is 0 Å². The molecule has 72 valence electrons. The second-order valence-electron chi connectivity index (χ2n) is 2.82. The van der Waals surface area contributed by atoms with Crippen molar-refractivity contribution in [1.29, 1.82) is 5.41 Å². The summed E-state index contributed by atoms with van der Waals surface area (Å²) in [5.41, 5.74) is 0.994. The number of amidine groups is 1. The molecule has 1 aliphatic heterocycles. The first-order chi connectivity index (χ1) is 6.68. The van der Waals surface area contributed by atoms with Gasteiger partial charge in [-0.05, 0) is 35.7 Å². The summed E-state index contributed by atoms with van der Waals surface area (Å²) in [7, 11) is 0. The monoisotopic (exact) mass is 224 g/mol. The van der Waals surface area contributed by atoms with Crippen LogP contribution < -0.4 is 5.32 Å². The molecule has 0 radical (unpaired) electrons. The van der Waals surface area contributed by atoms with Crippen LogP contribution in [0.4, 0.5) is 4.79 Å². The first-order valence-corrected chi connectivity index (χ1v) is 5.70. The second kappa shape index (κ2) is 3.59. The fourth-order valence-corrected chi connectivity index (χ4v) is 2.75. The molecule has 14 heavy (non-hydrogen) atoms. The van der Waals surface area contributed by atoms with Crippen LogP contribution >= 0.6 is 23.1 Å². The summed E-state index contributed by atoms with van der Waals surface area (Å²) in [6.45, 7) is 1.93. The Labute approximate surface area is 89.7 Å². The predicted octanol–water partition coefficient (Wildman–Crippen LogP) is 2.91. The van der Waals surface area contributed by atoms with E-state index in [0.717, 1.165) is 27.1 Å². The van der Waals surface area contributed by atoms with Crippen LogP contribution in [0.25, 0.3) is 5.57 Å². The molecule has 1 amide bonds. The largest absolute Gasteiger partial charge is 0.301 e. The van der Waals surface area contributed by atoms with Crippen molar-refractivity contribution >= 4 is 39.7 Å². The highest BCUT2D eigenvalue weighted by Crippen LogP contribution is 2.33. The molecule has 1 saturated heterocycles. The van der Waals surface area contributed by atoms with Crippen LogP contribution in [-0.2, 0) is 0 Å². The van der Waals surface area contributed by atoms with E-state index in [2.05, 4.69) is 5.32 Å². The Morgan fingerprint density at radius 2 is 2.36 bits per heavy atom. The number of carbonyl (C=O) groups is 1. The number of hydrogen-bond acceptors (Lipinski definition) is 4. The van der Waals surface area contributed by atoms with Crippen molar-refractivity contribution in [2.45, 2.75) is 6.92 Å². The van der Waals surface area contributed by atoms with Crippen molar-refractivity contribution in [2.75, 3.05) is 0 Å². The average Bonchev–Trinajstić information content (AvgIpc) is 2.73. The maximum absolute atomic E-state index is 11.0. The highest BCUT2D eigenvalue weighted by molar-refractivity contribution is 8.18. The summed E-state index contributed by atoms with van der Waals surface area (Å²) in [6.07, 6.45) is 0. The molecule has 2 N–H and O–H groups in total. The number of thioether (sulfide) groups is 1. The molecule has 0 aliphatic carbocycles. The van der Waals surface area contributed by atoms with E-state index in [0.29, 0.717) is 0 Å². The number of rotatable bonds is 1. The van der Waals surface area contributed by atoms with Gasteiger partial charge in [0, 0.05) is 4.88 Å². The molecule has 1 fully saturated rings. The Kier molecular flexibility index (Phi) is 2.43. The highest BCUT2D eigenvalue weighted by Gasteiger charge is 2.24. The Hall–Kier alpha value is -1.07. The number of nitrogens with one attached hydrogen (secondary N) is 2. The second-order valence-corrected chi connectivity index (χ2v) is 4.75. The molecule has 5 heteroatoms. The zero-order valence-corrected chi connectivity index (χ0v) is 9.09. The summed E-state index contributed by atoms with van der Waals surface area (Å²) in [5, 5.41) is 11.8. The molecule has 0 atom stereocenters. The fraction of sp³-hybridized carbons (Fsp3) is 0.111. The van der Waals surface area contributed by atoms with Gasteiger partial charge in [-0.2, -0.15) is 0 Å². The summed E-state index contributed by atoms with van der Waals surface area (Å²) < 4.78 is 0. The predicted molar refractivity (Wildman–Crippen MR) is 60.8 cm³/mol. The summed E-state index contributed by atoms with van der Waals surface area (Å²) in [6, 6.07) is 3.95. The Morgan fingerprint density at radius 1 is 1.57 bits per heavy atom. The van der Waals surface area contributed by atoms with Gasteiger partial charge in [0.05, 0.1) is 4.91 Å². The summed E-state index contributed by atoms with van der Waals surface area (Å²) >= 11 is 2.71. The van der Waals surface area contributed by atoms with Crippen LogP contribution in [0.3, 0.4) is 0 Å². The number of amides is 1. The number of carbonyl (C=O) groups excluding carboxylic acids is 1. The van der Waals surface area contributed by atoms with Gasteiger partial charge in [0.2, 0.25) is 0 Å². The minimum atomic E-state index is -0.166. The molecule has 0 aromatic carbocycles. The van der Waals surface area contributed by atoms with Crippen LogP contribution in [0.1, 0.15) is 11.8 Å². The van der Waals surface area contributed by atoms with Crippen molar-refractivity contribution in [3.63, 3.8) is 0 Å². The maximum atomic E-state index is 11.0. The normalized spacial score (nSPS) is 19.8. The SMILES string of the molecule is CC(=C1SC(=O)NC1=N)c1cccs1. The molecule has 2 rings (SSSR count). The van der Waals surface area contributed by atoms with Gasteiger partial charge in [-0.1, -0.05) is 6.07 Å². The molecule has 1 aromatic heterocycles. The van der Waals surface area contributed by atoms with E-state index in [4.69, 9.17) is 5.41 Å². The highest BCUT2D eigenvalue weighted by atomic mass is 32.2.